The number of anilines is 1. The van der Waals surface area contributed by atoms with Crippen LogP contribution in [0, 0.1) is 6.92 Å². The van der Waals surface area contributed by atoms with Gasteiger partial charge in [-0.3, -0.25) is 4.79 Å². The number of para-hydroxylation sites is 1. The van der Waals surface area contributed by atoms with Crippen molar-refractivity contribution in [1.82, 2.24) is 0 Å². The molecule has 20 heavy (non-hydrogen) atoms. The lowest BCUT2D eigenvalue weighted by molar-refractivity contribution is -0.121. The second-order valence-electron chi connectivity index (χ2n) is 4.55. The van der Waals surface area contributed by atoms with E-state index in [1.165, 1.54) is 5.01 Å². The second kappa shape index (κ2) is 5.17. The molecule has 0 radical (unpaired) electrons. The van der Waals surface area contributed by atoms with E-state index >= 15 is 0 Å². The Bertz CT molecular complexity index is 665. The maximum atomic E-state index is 12.0. The fraction of sp³-hybridized carbons (Fsp3) is 0.125. The van der Waals surface area contributed by atoms with Crippen molar-refractivity contribution in [3.63, 3.8) is 0 Å². The first kappa shape index (κ1) is 12.4. The molecule has 0 saturated heterocycles. The molecule has 2 aromatic rings. The highest BCUT2D eigenvalue weighted by atomic mass is 16.5. The summed E-state index contributed by atoms with van der Waals surface area (Å²) < 4.78 is 5.47. The van der Waals surface area contributed by atoms with Crippen LogP contribution in [0.5, 0.6) is 0 Å². The summed E-state index contributed by atoms with van der Waals surface area (Å²) in [6.45, 7) is 1.99. The average molecular weight is 266 g/mol. The Morgan fingerprint density at radius 2 is 1.75 bits per heavy atom. The van der Waals surface area contributed by atoms with Gasteiger partial charge in [-0.25, -0.2) is 0 Å². The van der Waals surface area contributed by atoms with E-state index in [2.05, 4.69) is 5.10 Å². The minimum absolute atomic E-state index is 0.00205. The number of aryl methyl sites for hydroxylation is 1. The summed E-state index contributed by atoms with van der Waals surface area (Å²) in [5.41, 5.74) is 2.71. The smallest absolute Gasteiger partial charge is 0.285 e. The number of hydrogen-bond donors (Lipinski definition) is 0. The van der Waals surface area contributed by atoms with E-state index in [0.717, 1.165) is 16.8 Å². The van der Waals surface area contributed by atoms with Crippen molar-refractivity contribution in [2.24, 2.45) is 5.10 Å². The lowest BCUT2D eigenvalue weighted by atomic mass is 10.1. The molecule has 3 rings (SSSR count). The number of amides is 1. The zero-order valence-corrected chi connectivity index (χ0v) is 11.1. The van der Waals surface area contributed by atoms with Crippen LogP contribution in [0.3, 0.4) is 0 Å². The molecule has 0 unspecified atom stereocenters. The molecule has 0 N–H and O–H groups in total. The quantitative estimate of drug-likeness (QED) is 0.838. The molecule has 0 atom stereocenters. The number of benzene rings is 2. The first-order valence-electron chi connectivity index (χ1n) is 6.41. The lowest BCUT2D eigenvalue weighted by Gasteiger charge is -2.24. The Kier molecular flexibility index (Phi) is 3.21. The van der Waals surface area contributed by atoms with E-state index in [9.17, 15) is 4.79 Å². The summed E-state index contributed by atoms with van der Waals surface area (Å²) in [6, 6.07) is 17.2. The van der Waals surface area contributed by atoms with Crippen LogP contribution in [0.2, 0.25) is 0 Å². The molecule has 0 aromatic heterocycles. The van der Waals surface area contributed by atoms with Crippen molar-refractivity contribution < 1.29 is 9.53 Å². The zero-order chi connectivity index (χ0) is 13.9. The van der Waals surface area contributed by atoms with Crippen LogP contribution in [-0.2, 0) is 9.53 Å². The van der Waals surface area contributed by atoms with Crippen LogP contribution >= 0.6 is 0 Å². The molecule has 1 aliphatic rings. The Balaban J connectivity index is 2.02. The Morgan fingerprint density at radius 1 is 1.05 bits per heavy atom. The van der Waals surface area contributed by atoms with E-state index in [0.29, 0.717) is 5.90 Å². The topological polar surface area (TPSA) is 41.9 Å². The van der Waals surface area contributed by atoms with Crippen LogP contribution < -0.4 is 5.01 Å². The van der Waals surface area contributed by atoms with Crippen molar-refractivity contribution in [2.75, 3.05) is 11.6 Å². The molecular weight excluding hydrogens is 252 g/mol. The molecule has 1 aliphatic heterocycles. The predicted molar refractivity (Wildman–Crippen MR) is 77.6 cm³/mol. The number of ether oxygens (including phenoxy) is 1. The van der Waals surface area contributed by atoms with Gasteiger partial charge in [-0.2, -0.15) is 5.01 Å². The van der Waals surface area contributed by atoms with Crippen molar-refractivity contribution in [1.29, 1.82) is 0 Å². The number of carbonyl (C=O) groups excluding carboxylic acids is 1. The molecular formula is C16H14N2O2. The van der Waals surface area contributed by atoms with E-state index < -0.39 is 0 Å². The van der Waals surface area contributed by atoms with Gasteiger partial charge in [-0.05, 0) is 30.7 Å². The number of hydrogen-bond acceptors (Lipinski definition) is 3. The van der Waals surface area contributed by atoms with Crippen molar-refractivity contribution in [3.05, 3.63) is 65.7 Å². The van der Waals surface area contributed by atoms with Crippen LogP contribution in [0.4, 0.5) is 5.69 Å². The third kappa shape index (κ3) is 2.28. The monoisotopic (exact) mass is 266 g/mol. The SMILES string of the molecule is Cc1ccccc1C1=NN(c2ccccc2)C(=O)CO1. The molecule has 2 aromatic carbocycles. The number of nitrogens with zero attached hydrogens (tertiary/aromatic N) is 2. The fourth-order valence-electron chi connectivity index (χ4n) is 2.08. The first-order chi connectivity index (χ1) is 9.75. The highest BCUT2D eigenvalue weighted by Crippen LogP contribution is 2.19. The Morgan fingerprint density at radius 3 is 2.50 bits per heavy atom. The minimum Gasteiger partial charge on any atom is -0.466 e. The molecule has 1 heterocycles. The van der Waals surface area contributed by atoms with Crippen molar-refractivity contribution >= 4 is 17.5 Å². The summed E-state index contributed by atoms with van der Waals surface area (Å²) in [5.74, 6) is 0.306. The van der Waals surface area contributed by atoms with E-state index in [1.807, 2.05) is 61.5 Å². The van der Waals surface area contributed by atoms with Gasteiger partial charge in [0.1, 0.15) is 0 Å². The summed E-state index contributed by atoms with van der Waals surface area (Å²) >= 11 is 0. The van der Waals surface area contributed by atoms with Crippen molar-refractivity contribution in [2.45, 2.75) is 6.92 Å². The maximum Gasteiger partial charge on any atom is 0.285 e. The summed E-state index contributed by atoms with van der Waals surface area (Å²) in [4.78, 5) is 12.0. The molecule has 4 heteroatoms. The molecule has 0 spiro atoms. The lowest BCUT2D eigenvalue weighted by Crippen LogP contribution is -2.37. The summed E-state index contributed by atoms with van der Waals surface area (Å²) in [7, 11) is 0. The summed E-state index contributed by atoms with van der Waals surface area (Å²) in [5, 5.41) is 5.74. The number of carbonyl (C=O) groups is 1. The van der Waals surface area contributed by atoms with Crippen LogP contribution in [0.15, 0.2) is 59.7 Å². The average Bonchev–Trinajstić information content (AvgIpc) is 2.49. The molecule has 0 bridgehead atoms. The molecule has 0 fully saturated rings. The van der Waals surface area contributed by atoms with Gasteiger partial charge in [0, 0.05) is 5.56 Å². The molecule has 100 valence electrons. The van der Waals surface area contributed by atoms with Gasteiger partial charge in [-0.1, -0.05) is 36.4 Å². The molecule has 1 amide bonds. The van der Waals surface area contributed by atoms with Gasteiger partial charge in [0.05, 0.1) is 5.69 Å². The summed E-state index contributed by atoms with van der Waals surface area (Å²) in [6.07, 6.45) is 0. The normalized spacial score (nSPS) is 14.8. The van der Waals surface area contributed by atoms with Gasteiger partial charge in [0.15, 0.2) is 6.61 Å². The highest BCUT2D eigenvalue weighted by molar-refractivity contribution is 6.04. The highest BCUT2D eigenvalue weighted by Gasteiger charge is 2.24. The molecule has 0 aliphatic carbocycles. The van der Waals surface area contributed by atoms with Crippen LogP contribution in [-0.4, -0.2) is 18.4 Å². The third-order valence-corrected chi connectivity index (χ3v) is 3.14. The fourth-order valence-corrected chi connectivity index (χ4v) is 2.08. The largest absolute Gasteiger partial charge is 0.466 e. The zero-order valence-electron chi connectivity index (χ0n) is 11.1. The Hall–Kier alpha value is -2.62. The van der Waals surface area contributed by atoms with Gasteiger partial charge in [-0.15, -0.1) is 5.10 Å². The van der Waals surface area contributed by atoms with Gasteiger partial charge in [0.25, 0.3) is 5.91 Å². The standard InChI is InChI=1S/C16H14N2O2/c1-12-7-5-6-10-14(12)16-17-18(15(19)11-20-16)13-8-3-2-4-9-13/h2-10H,11H2,1H3. The van der Waals surface area contributed by atoms with Gasteiger partial charge in [0.2, 0.25) is 5.90 Å². The van der Waals surface area contributed by atoms with Gasteiger partial charge >= 0.3 is 0 Å². The van der Waals surface area contributed by atoms with Crippen molar-refractivity contribution in [3.8, 4) is 0 Å². The number of rotatable bonds is 2. The van der Waals surface area contributed by atoms with E-state index in [4.69, 9.17) is 4.74 Å². The van der Waals surface area contributed by atoms with E-state index in [-0.39, 0.29) is 12.5 Å². The van der Waals surface area contributed by atoms with Crippen LogP contribution in [0.25, 0.3) is 0 Å². The maximum absolute atomic E-state index is 12.0. The second-order valence-corrected chi connectivity index (χ2v) is 4.55. The molecule has 0 saturated carbocycles. The third-order valence-electron chi connectivity index (χ3n) is 3.14. The predicted octanol–water partition coefficient (Wildman–Crippen LogP) is 2.72. The van der Waals surface area contributed by atoms with E-state index in [1.54, 1.807) is 0 Å². The van der Waals surface area contributed by atoms with Crippen LogP contribution in [0.1, 0.15) is 11.1 Å². The molecule has 4 nitrogen and oxygen atoms in total. The Labute approximate surface area is 117 Å². The number of hydrazone groups is 1. The van der Waals surface area contributed by atoms with Gasteiger partial charge < -0.3 is 4.74 Å². The minimum atomic E-state index is -0.173. The first-order valence-corrected chi connectivity index (χ1v) is 6.41.